The molecule has 5 heteroatoms. The average molecular weight is 784 g/mol. The SMILES string of the molecule is CC(C)(C)c1ccc(-c2nc3c(s2)N(c2cc(C(C)(C)C)cc(C(C)(C)C)c2)c2cccc4c2B3c2cc(C(C)(C)C)ccc2N4c2ccc(C(C)(C)C)cc2)cc1. The number of thiazole rings is 1. The van der Waals surface area contributed by atoms with Crippen molar-refractivity contribution in [3.63, 3.8) is 0 Å². The van der Waals surface area contributed by atoms with Crippen molar-refractivity contribution in [3.05, 3.63) is 131 Å². The van der Waals surface area contributed by atoms with Crippen molar-refractivity contribution in [3.8, 4) is 10.6 Å². The predicted octanol–water partition coefficient (Wildman–Crippen LogP) is 13.4. The third-order valence-electron chi connectivity index (χ3n) is 12.3. The molecule has 2 aliphatic rings. The van der Waals surface area contributed by atoms with Gasteiger partial charge in [-0.15, -0.1) is 0 Å². The Morgan fingerprint density at radius 1 is 0.448 bits per heavy atom. The van der Waals surface area contributed by atoms with Crippen molar-refractivity contribution in [1.29, 1.82) is 0 Å². The normalized spacial score (nSPS) is 14.4. The first-order chi connectivity index (χ1) is 26.9. The summed E-state index contributed by atoms with van der Waals surface area (Å²) in [6.45, 7) is 34.6. The van der Waals surface area contributed by atoms with Gasteiger partial charge in [0.1, 0.15) is 10.0 Å². The molecule has 5 aromatic carbocycles. The zero-order valence-electron chi connectivity index (χ0n) is 37.6. The van der Waals surface area contributed by atoms with E-state index in [1.54, 1.807) is 0 Å². The van der Waals surface area contributed by atoms with E-state index in [4.69, 9.17) is 4.98 Å². The molecule has 3 nitrogen and oxygen atoms in total. The van der Waals surface area contributed by atoms with Crippen LogP contribution in [0.5, 0.6) is 0 Å². The largest absolute Gasteiger partial charge is 0.311 e. The van der Waals surface area contributed by atoms with Gasteiger partial charge in [-0.25, -0.2) is 4.98 Å². The Balaban J connectivity index is 1.45. The number of hydrogen-bond acceptors (Lipinski definition) is 4. The number of anilines is 6. The van der Waals surface area contributed by atoms with Gasteiger partial charge in [0.15, 0.2) is 0 Å². The van der Waals surface area contributed by atoms with Crippen LogP contribution < -0.4 is 26.3 Å². The van der Waals surface area contributed by atoms with Crippen LogP contribution in [0.25, 0.3) is 10.6 Å². The van der Waals surface area contributed by atoms with E-state index in [1.807, 2.05) is 11.3 Å². The molecule has 8 rings (SSSR count). The molecule has 0 radical (unpaired) electrons. The lowest BCUT2D eigenvalue weighted by Gasteiger charge is -2.43. The smallest absolute Gasteiger partial charge is 0.276 e. The first-order valence-electron chi connectivity index (χ1n) is 21.2. The first kappa shape index (κ1) is 40.2. The van der Waals surface area contributed by atoms with Gasteiger partial charge in [-0.2, -0.15) is 0 Å². The summed E-state index contributed by atoms with van der Waals surface area (Å²) in [6.07, 6.45) is 0. The van der Waals surface area contributed by atoms with Crippen LogP contribution in [-0.4, -0.2) is 11.7 Å². The quantitative estimate of drug-likeness (QED) is 0.166. The van der Waals surface area contributed by atoms with E-state index < -0.39 is 0 Å². The molecule has 0 atom stereocenters. The molecule has 0 saturated heterocycles. The summed E-state index contributed by atoms with van der Waals surface area (Å²) < 4.78 is 0. The van der Waals surface area contributed by atoms with Gasteiger partial charge < -0.3 is 9.80 Å². The average Bonchev–Trinajstić information content (AvgIpc) is 3.57. The number of fused-ring (bicyclic) bond motifs is 4. The highest BCUT2D eigenvalue weighted by atomic mass is 32.1. The molecular weight excluding hydrogens is 721 g/mol. The van der Waals surface area contributed by atoms with Crippen LogP contribution in [0.2, 0.25) is 0 Å². The van der Waals surface area contributed by atoms with Gasteiger partial charge in [-0.05, 0) is 108 Å². The monoisotopic (exact) mass is 783 g/mol. The molecule has 3 heterocycles. The summed E-state index contributed by atoms with van der Waals surface area (Å²) in [7, 11) is 0. The van der Waals surface area contributed by atoms with Crippen LogP contribution in [0.1, 0.15) is 132 Å². The second-order valence-electron chi connectivity index (χ2n) is 21.9. The van der Waals surface area contributed by atoms with Crippen LogP contribution >= 0.6 is 11.3 Å². The summed E-state index contributed by atoms with van der Waals surface area (Å²) in [4.78, 5) is 10.8. The van der Waals surface area contributed by atoms with Crippen molar-refractivity contribution in [1.82, 2.24) is 4.98 Å². The summed E-state index contributed by atoms with van der Waals surface area (Å²) in [5.41, 5.74) is 17.7. The van der Waals surface area contributed by atoms with Crippen LogP contribution in [0.15, 0.2) is 103 Å². The maximum Gasteiger partial charge on any atom is 0.276 e. The lowest BCUT2D eigenvalue weighted by molar-refractivity contribution is 0.569. The van der Waals surface area contributed by atoms with E-state index in [0.717, 1.165) is 16.2 Å². The van der Waals surface area contributed by atoms with Crippen LogP contribution in [0.4, 0.5) is 33.4 Å². The molecule has 0 N–H and O–H groups in total. The Hall–Kier alpha value is -4.61. The highest BCUT2D eigenvalue weighted by Crippen LogP contribution is 2.48. The highest BCUT2D eigenvalue weighted by molar-refractivity contribution is 7.22. The van der Waals surface area contributed by atoms with Crippen molar-refractivity contribution in [2.45, 2.75) is 131 Å². The standard InChI is InChI=1S/C53H62BN3S/c1-49(2,3)34-21-19-33(20-22-34)47-55-46-48(58-47)57(40-30-37(52(10,11)12)29-38(31-40)53(13,14)15)44-18-16-17-43-45(44)54(46)41-32-36(51(7,8)9)25-28-42(41)56(43)39-26-23-35(24-27-39)50(4,5)6/h16-32H,1-15H3. The van der Waals surface area contributed by atoms with E-state index in [1.165, 1.54) is 72.2 Å². The zero-order chi connectivity index (χ0) is 41.9. The van der Waals surface area contributed by atoms with Crippen LogP contribution in [0.3, 0.4) is 0 Å². The van der Waals surface area contributed by atoms with Crippen molar-refractivity contribution < 1.29 is 0 Å². The third kappa shape index (κ3) is 7.02. The fourth-order valence-corrected chi connectivity index (χ4v) is 9.67. The van der Waals surface area contributed by atoms with Gasteiger partial charge >= 0.3 is 0 Å². The summed E-state index contributed by atoms with van der Waals surface area (Å²) in [5.74, 6) is 0. The number of benzene rings is 5. The molecule has 2 aliphatic heterocycles. The minimum absolute atomic E-state index is 0.0175. The highest BCUT2D eigenvalue weighted by Gasteiger charge is 2.46. The summed E-state index contributed by atoms with van der Waals surface area (Å²) in [6, 6.07) is 39.9. The molecule has 6 aromatic rings. The number of aromatic nitrogens is 1. The molecule has 0 fully saturated rings. The zero-order valence-corrected chi connectivity index (χ0v) is 38.5. The Labute approximate surface area is 353 Å². The van der Waals surface area contributed by atoms with Gasteiger partial charge in [0, 0.05) is 34.0 Å². The van der Waals surface area contributed by atoms with E-state index in [9.17, 15) is 0 Å². The van der Waals surface area contributed by atoms with Crippen molar-refractivity contribution >= 4 is 68.0 Å². The Morgan fingerprint density at radius 3 is 1.45 bits per heavy atom. The Bertz CT molecular complexity index is 2490. The molecular formula is C53H62BN3S. The maximum absolute atomic E-state index is 5.74. The lowest BCUT2D eigenvalue weighted by atomic mass is 9.35. The summed E-state index contributed by atoms with van der Waals surface area (Å²) >= 11 is 1.83. The maximum atomic E-state index is 5.74. The van der Waals surface area contributed by atoms with Gasteiger partial charge in [0.05, 0.1) is 5.59 Å². The van der Waals surface area contributed by atoms with Crippen molar-refractivity contribution in [2.75, 3.05) is 9.80 Å². The second-order valence-corrected chi connectivity index (χ2v) is 22.9. The molecule has 0 aliphatic carbocycles. The van der Waals surface area contributed by atoms with E-state index in [0.29, 0.717) is 0 Å². The van der Waals surface area contributed by atoms with Gasteiger partial charge in [-0.3, -0.25) is 0 Å². The Kier molecular flexibility index (Phi) is 9.33. The topological polar surface area (TPSA) is 19.4 Å². The minimum Gasteiger partial charge on any atom is -0.311 e. The number of hydrogen-bond donors (Lipinski definition) is 0. The van der Waals surface area contributed by atoms with Crippen molar-refractivity contribution in [2.24, 2.45) is 0 Å². The number of nitrogens with zero attached hydrogens (tertiary/aromatic N) is 3. The number of rotatable bonds is 3. The summed E-state index contributed by atoms with van der Waals surface area (Å²) in [5, 5.41) is 2.26. The minimum atomic E-state index is -0.0356. The molecule has 0 spiro atoms. The molecule has 0 unspecified atom stereocenters. The predicted molar refractivity (Wildman–Crippen MR) is 255 cm³/mol. The molecule has 0 bridgehead atoms. The molecule has 298 valence electrons. The Morgan fingerprint density at radius 2 is 0.931 bits per heavy atom. The van der Waals surface area contributed by atoms with E-state index in [2.05, 4.69) is 217 Å². The molecule has 58 heavy (non-hydrogen) atoms. The van der Waals surface area contributed by atoms with Crippen LogP contribution in [0, 0.1) is 0 Å². The molecule has 0 saturated carbocycles. The first-order valence-corrected chi connectivity index (χ1v) is 22.0. The second kappa shape index (κ2) is 13.5. The molecule has 1 aromatic heterocycles. The third-order valence-corrected chi connectivity index (χ3v) is 13.4. The van der Waals surface area contributed by atoms with Gasteiger partial charge in [-0.1, -0.05) is 176 Å². The molecule has 0 amide bonds. The van der Waals surface area contributed by atoms with E-state index in [-0.39, 0.29) is 33.8 Å². The van der Waals surface area contributed by atoms with E-state index >= 15 is 0 Å². The fraction of sp³-hybridized carbons (Fsp3) is 0.377. The fourth-order valence-electron chi connectivity index (χ4n) is 8.52. The van der Waals surface area contributed by atoms with Gasteiger partial charge in [0.2, 0.25) is 0 Å². The van der Waals surface area contributed by atoms with Crippen LogP contribution in [-0.2, 0) is 27.1 Å². The lowest BCUT2D eigenvalue weighted by Crippen LogP contribution is -2.61. The van der Waals surface area contributed by atoms with Gasteiger partial charge in [0.25, 0.3) is 6.71 Å².